The molecule has 284 valence electrons. The van der Waals surface area contributed by atoms with E-state index in [1.807, 2.05) is 149 Å². The fourth-order valence-corrected chi connectivity index (χ4v) is 5.08. The van der Waals surface area contributed by atoms with Crippen LogP contribution in [0.5, 0.6) is 0 Å². The predicted molar refractivity (Wildman–Crippen MR) is 192 cm³/mol. The summed E-state index contributed by atoms with van der Waals surface area (Å²) < 4.78 is 19.9. The molecule has 0 aliphatic heterocycles. The lowest BCUT2D eigenvalue weighted by atomic mass is 10.4. The molecule has 0 radical (unpaired) electrons. The van der Waals surface area contributed by atoms with Crippen molar-refractivity contribution in [3.63, 3.8) is 0 Å². The van der Waals surface area contributed by atoms with Gasteiger partial charge in [-0.1, -0.05) is 29.3 Å². The van der Waals surface area contributed by atoms with Crippen LogP contribution in [0.3, 0.4) is 0 Å². The molecule has 6 rings (SSSR count). The Kier molecular flexibility index (Phi) is 14.2. The van der Waals surface area contributed by atoms with Crippen LogP contribution in [0.4, 0.5) is 0 Å². The van der Waals surface area contributed by atoms with Gasteiger partial charge >= 0.3 is 17.9 Å². The van der Waals surface area contributed by atoms with Gasteiger partial charge in [0.15, 0.2) is 16.6 Å². The molecule has 6 heterocycles. The Morgan fingerprint density at radius 2 is 0.755 bits per heavy atom. The molecule has 0 bridgehead atoms. The number of fused-ring (bicyclic) bond motifs is 3. The highest BCUT2D eigenvalue weighted by Gasteiger charge is 2.23. The van der Waals surface area contributed by atoms with Gasteiger partial charge in [-0.2, -0.15) is 7.82 Å². The van der Waals surface area contributed by atoms with E-state index in [0.717, 1.165) is 34.4 Å². The van der Waals surface area contributed by atoms with Gasteiger partial charge in [-0.05, 0) is 36.4 Å². The second-order valence-corrected chi connectivity index (χ2v) is 13.2. The van der Waals surface area contributed by atoms with Gasteiger partial charge in [0, 0.05) is 34.2 Å². The maximum Gasteiger partial charge on any atom is 0.380 e. The highest BCUT2D eigenvalue weighted by Crippen LogP contribution is 2.09. The summed E-state index contributed by atoms with van der Waals surface area (Å²) in [6.07, 6.45) is 5.14. The number of aromatic nitrogens is 12. The van der Waals surface area contributed by atoms with Crippen LogP contribution in [0.2, 0.25) is 0 Å². The maximum atomic E-state index is 8.55. The number of phosphoric acid groups is 1. The molecule has 0 aromatic carbocycles. The number of hydrogen-bond acceptors (Lipinski definition) is 13. The summed E-state index contributed by atoms with van der Waals surface area (Å²) in [6, 6.07) is 11.5. The summed E-state index contributed by atoms with van der Waals surface area (Å²) >= 11 is 0. The largest absolute Gasteiger partial charge is 0.822 e. The minimum absolute atomic E-state index is 0.656. The molecule has 0 aliphatic rings. The van der Waals surface area contributed by atoms with Crippen LogP contribution in [-0.2, 0) is 4.57 Å². The van der Waals surface area contributed by atoms with Crippen molar-refractivity contribution in [2.24, 2.45) is 0 Å². The van der Waals surface area contributed by atoms with Crippen molar-refractivity contribution in [3.8, 4) is 0 Å². The van der Waals surface area contributed by atoms with Crippen molar-refractivity contribution < 1.29 is 33.0 Å². The second-order valence-electron chi connectivity index (χ2n) is 12.3. The van der Waals surface area contributed by atoms with E-state index in [-0.39, 0.29) is 0 Å². The molecule has 0 atom stereocenters. The molecule has 0 unspecified atom stereocenters. The summed E-state index contributed by atoms with van der Waals surface area (Å²) in [6.45, 7) is 0. The molecule has 0 fully saturated rings. The van der Waals surface area contributed by atoms with E-state index in [9.17, 15) is 0 Å². The van der Waals surface area contributed by atoms with Gasteiger partial charge in [-0.15, -0.1) is 0 Å². The molecule has 22 nitrogen and oxygen atoms in total. The normalized spacial score (nSPS) is 10.6. The van der Waals surface area contributed by atoms with Crippen molar-refractivity contribution >= 4 is 59.2 Å². The van der Waals surface area contributed by atoms with E-state index in [4.69, 9.17) is 19.2 Å². The summed E-state index contributed by atoms with van der Waals surface area (Å²) in [7, 11) is 18.3. The van der Waals surface area contributed by atoms with Gasteiger partial charge in [0.1, 0.15) is 0 Å². The van der Waals surface area contributed by atoms with E-state index < -0.39 is 7.82 Å². The predicted octanol–water partition coefficient (Wildman–Crippen LogP) is -3.23. The smallest absolute Gasteiger partial charge is 0.380 e. The molecule has 0 amide bonds. The molecule has 6 aromatic heterocycles. The summed E-state index contributed by atoms with van der Waals surface area (Å²) in [5.41, 5.74) is 4.68. The van der Waals surface area contributed by atoms with Crippen LogP contribution in [0.1, 0.15) is 0 Å². The summed E-state index contributed by atoms with van der Waals surface area (Å²) in [5.74, 6) is 2.82. The molecular weight excluding hydrogens is 707 g/mol. The zero-order valence-corrected chi connectivity index (χ0v) is 32.7. The van der Waals surface area contributed by atoms with Crippen molar-refractivity contribution in [3.05, 3.63) is 55.0 Å². The van der Waals surface area contributed by atoms with Gasteiger partial charge in [-0.3, -0.25) is 28.4 Å². The van der Waals surface area contributed by atoms with E-state index in [0.29, 0.717) is 16.9 Å². The first-order chi connectivity index (χ1) is 24.8. The number of rotatable bonds is 0. The van der Waals surface area contributed by atoms with E-state index in [1.165, 1.54) is 0 Å². The topological polar surface area (TPSA) is 236 Å². The average molecular weight is 753 g/mol. The van der Waals surface area contributed by atoms with Gasteiger partial charge < -0.3 is 19.2 Å². The quantitative estimate of drug-likeness (QED) is 0.0642. The lowest BCUT2D eigenvalue weighted by Crippen LogP contribution is -2.36. The Labute approximate surface area is 306 Å². The Balaban J connectivity index is 0.000000201. The molecular formula is C30H45N18O4P. The third kappa shape index (κ3) is 11.1. The zero-order valence-electron chi connectivity index (χ0n) is 31.8. The Morgan fingerprint density at radius 1 is 0.528 bits per heavy atom. The minimum atomic E-state index is -5.39. The van der Waals surface area contributed by atoms with Crippen LogP contribution in [0.15, 0.2) is 55.0 Å². The van der Waals surface area contributed by atoms with Crippen LogP contribution in [0, 0.1) is 0 Å². The molecule has 6 aromatic rings. The van der Waals surface area contributed by atoms with Crippen molar-refractivity contribution in [1.29, 1.82) is 0 Å². The standard InChI is InChI=1S/3C10H15N6.H3O4P/c3*1-14(2)10(15(3)4)16-8-6-5-7-11-9(8)12-13-16;1-5(2,3)4/h3*5-7H,1-4H3;(H3,1,2,3,4)/q3*+1;/p-3. The van der Waals surface area contributed by atoms with Crippen molar-refractivity contribution in [2.45, 2.75) is 0 Å². The lowest BCUT2D eigenvalue weighted by Gasteiger charge is -2.36. The van der Waals surface area contributed by atoms with Gasteiger partial charge in [0.05, 0.1) is 84.6 Å². The lowest BCUT2D eigenvalue weighted by molar-refractivity contribution is -0.472. The molecule has 0 saturated carbocycles. The Bertz CT molecular complexity index is 2020. The first-order valence-corrected chi connectivity index (χ1v) is 17.2. The summed E-state index contributed by atoms with van der Waals surface area (Å²) in [5, 5.41) is 24.5. The van der Waals surface area contributed by atoms with Crippen LogP contribution in [-0.4, -0.2) is 191 Å². The first kappa shape index (κ1) is 41.6. The monoisotopic (exact) mass is 752 g/mol. The van der Waals surface area contributed by atoms with Crippen molar-refractivity contribution in [1.82, 2.24) is 74.6 Å². The number of hydrogen-bond donors (Lipinski definition) is 0. The van der Waals surface area contributed by atoms with Gasteiger partial charge in [-0.25, -0.2) is 15.0 Å². The summed E-state index contributed by atoms with van der Waals surface area (Å²) in [4.78, 5) is 44.1. The molecule has 53 heavy (non-hydrogen) atoms. The van der Waals surface area contributed by atoms with Gasteiger partial charge in [0.2, 0.25) is 16.9 Å². The fourth-order valence-electron chi connectivity index (χ4n) is 5.08. The van der Waals surface area contributed by atoms with E-state index >= 15 is 0 Å². The maximum absolute atomic E-state index is 8.55. The third-order valence-corrected chi connectivity index (χ3v) is 6.64. The second kappa shape index (κ2) is 18.1. The van der Waals surface area contributed by atoms with E-state index in [1.54, 1.807) is 32.6 Å². The SMILES string of the molecule is CN(C)C(n1nnc2ncccc21)=[N+](C)C.CN(C)C(n1nnc2ncccc21)=[N+](C)C.CN(C)C(n1nnc2ncccc21)=[N+](C)C.O=P([O-])([O-])[O-]. The van der Waals surface area contributed by atoms with Gasteiger partial charge in [0.25, 0.3) is 0 Å². The van der Waals surface area contributed by atoms with Crippen LogP contribution < -0.4 is 14.7 Å². The van der Waals surface area contributed by atoms with Crippen LogP contribution >= 0.6 is 7.82 Å². The third-order valence-electron chi connectivity index (χ3n) is 6.64. The van der Waals surface area contributed by atoms with Crippen LogP contribution in [0.25, 0.3) is 33.5 Å². The molecule has 0 spiro atoms. The van der Waals surface area contributed by atoms with Crippen molar-refractivity contribution in [2.75, 3.05) is 84.6 Å². The molecule has 0 aliphatic carbocycles. The highest BCUT2D eigenvalue weighted by molar-refractivity contribution is 7.40. The number of nitrogens with zero attached hydrogens (tertiary/aromatic N) is 18. The molecule has 0 saturated heterocycles. The average Bonchev–Trinajstić information content (AvgIpc) is 3.78. The Morgan fingerprint density at radius 3 is 0.943 bits per heavy atom. The highest BCUT2D eigenvalue weighted by atomic mass is 31.2. The first-order valence-electron chi connectivity index (χ1n) is 15.7. The minimum Gasteiger partial charge on any atom is -0.822 e. The Hall–Kier alpha value is -5.83. The molecule has 23 heteroatoms. The zero-order chi connectivity index (χ0) is 39.6. The fraction of sp³-hybridized carbons (Fsp3) is 0.400. The van der Waals surface area contributed by atoms with E-state index in [2.05, 4.69) is 45.9 Å². The number of pyridine rings is 3. The molecule has 0 N–H and O–H groups in total.